The number of carbonyl (C=O) groups excluding carboxylic acids is 2. The Hall–Kier alpha value is -2.77. The summed E-state index contributed by atoms with van der Waals surface area (Å²) in [4.78, 5) is 38.0. The van der Waals surface area contributed by atoms with Crippen molar-refractivity contribution in [1.82, 2.24) is 5.32 Å². The fourth-order valence-electron chi connectivity index (χ4n) is 4.19. The van der Waals surface area contributed by atoms with Gasteiger partial charge in [-0.2, -0.15) is 0 Å². The topological polar surface area (TPSA) is 108 Å². The molecule has 0 heterocycles. The summed E-state index contributed by atoms with van der Waals surface area (Å²) >= 11 is 12.3. The van der Waals surface area contributed by atoms with E-state index in [4.69, 9.17) is 23.2 Å². The number of nitrogens with one attached hydrogen (secondary N) is 3. The van der Waals surface area contributed by atoms with Crippen LogP contribution in [0.25, 0.3) is 0 Å². The first-order chi connectivity index (χ1) is 15.6. The highest BCUT2D eigenvalue weighted by molar-refractivity contribution is 6.34. The minimum absolute atomic E-state index is 0.105. The molecule has 0 unspecified atom stereocenters. The van der Waals surface area contributed by atoms with E-state index in [-0.39, 0.29) is 17.2 Å². The van der Waals surface area contributed by atoms with Gasteiger partial charge in [-0.15, -0.1) is 0 Å². The number of urea groups is 1. The number of hydrogen-bond acceptors (Lipinski definition) is 3. The third kappa shape index (κ3) is 5.78. The van der Waals surface area contributed by atoms with Gasteiger partial charge >= 0.3 is 12.0 Å². The van der Waals surface area contributed by atoms with E-state index in [1.165, 1.54) is 18.2 Å². The van der Waals surface area contributed by atoms with Crippen LogP contribution in [-0.4, -0.2) is 28.6 Å². The first-order valence-electron chi connectivity index (χ1n) is 10.8. The maximum Gasteiger partial charge on any atom is 0.329 e. The minimum Gasteiger partial charge on any atom is -0.480 e. The number of carboxylic acid groups (broad SMARTS) is 1. The molecule has 2 aromatic rings. The monoisotopic (exact) mass is 491 g/mol. The number of para-hydroxylation sites is 1. The summed E-state index contributed by atoms with van der Waals surface area (Å²) in [5.41, 5.74) is 0.0462. The van der Waals surface area contributed by atoms with E-state index in [1.807, 2.05) is 0 Å². The lowest BCUT2D eigenvalue weighted by atomic mass is 9.75. The van der Waals surface area contributed by atoms with Crippen LogP contribution in [-0.2, 0) is 4.79 Å². The Bertz CT molecular complexity index is 1050. The average Bonchev–Trinajstić information content (AvgIpc) is 2.76. The van der Waals surface area contributed by atoms with E-state index in [2.05, 4.69) is 16.0 Å². The molecule has 1 aliphatic carbocycles. The normalized spacial score (nSPS) is 15.9. The van der Waals surface area contributed by atoms with E-state index >= 15 is 0 Å². The van der Waals surface area contributed by atoms with Crippen molar-refractivity contribution in [2.75, 3.05) is 10.6 Å². The molecule has 1 aliphatic rings. The molecule has 1 fully saturated rings. The van der Waals surface area contributed by atoms with E-state index < -0.39 is 23.4 Å². The Labute approximate surface area is 202 Å². The predicted molar refractivity (Wildman–Crippen MR) is 130 cm³/mol. The zero-order valence-corrected chi connectivity index (χ0v) is 20.0. The van der Waals surface area contributed by atoms with E-state index in [1.54, 1.807) is 32.0 Å². The number of aliphatic carboxylic acids is 1. The van der Waals surface area contributed by atoms with E-state index in [0.29, 0.717) is 15.7 Å². The first kappa shape index (κ1) is 24.9. The standard InChI is InChI=1S/C24H27Cl2N3O4/c1-14-7-6-10-18(26)20(14)28-23(33)27-19-13-16(25)11-12-17(19)21(30)29-24(2,22(31)32)15-8-4-3-5-9-15/h6-7,10-13,15H,3-5,8-9H2,1-2H3,(H,29,30)(H,31,32)(H2,27,28,33)/t24-/m0/s1. The van der Waals surface area contributed by atoms with Crippen molar-refractivity contribution in [1.29, 1.82) is 0 Å². The van der Waals surface area contributed by atoms with Gasteiger partial charge in [-0.3, -0.25) is 4.79 Å². The van der Waals surface area contributed by atoms with Crippen molar-refractivity contribution in [3.63, 3.8) is 0 Å². The van der Waals surface area contributed by atoms with Gasteiger partial charge in [0, 0.05) is 5.02 Å². The van der Waals surface area contributed by atoms with Crippen molar-refractivity contribution in [3.05, 3.63) is 57.6 Å². The zero-order chi connectivity index (χ0) is 24.2. The van der Waals surface area contributed by atoms with Gasteiger partial charge in [-0.25, -0.2) is 9.59 Å². The van der Waals surface area contributed by atoms with Gasteiger partial charge in [0.2, 0.25) is 0 Å². The minimum atomic E-state index is -1.43. The molecule has 4 N–H and O–H groups in total. The van der Waals surface area contributed by atoms with Crippen molar-refractivity contribution in [2.45, 2.75) is 51.5 Å². The molecule has 7 nitrogen and oxygen atoms in total. The van der Waals surface area contributed by atoms with Crippen LogP contribution in [0.15, 0.2) is 36.4 Å². The van der Waals surface area contributed by atoms with Gasteiger partial charge in [0.15, 0.2) is 0 Å². The van der Waals surface area contributed by atoms with Crippen LogP contribution in [0.5, 0.6) is 0 Å². The number of hydrogen-bond donors (Lipinski definition) is 4. The van der Waals surface area contributed by atoms with Crippen LogP contribution >= 0.6 is 23.2 Å². The van der Waals surface area contributed by atoms with Crippen molar-refractivity contribution in [3.8, 4) is 0 Å². The van der Waals surface area contributed by atoms with Gasteiger partial charge in [-0.05, 0) is 62.4 Å². The molecule has 3 rings (SSSR count). The molecule has 0 spiro atoms. The molecule has 3 amide bonds. The van der Waals surface area contributed by atoms with Crippen LogP contribution < -0.4 is 16.0 Å². The smallest absolute Gasteiger partial charge is 0.329 e. The lowest BCUT2D eigenvalue weighted by Gasteiger charge is -2.37. The summed E-state index contributed by atoms with van der Waals surface area (Å²) in [5.74, 6) is -1.87. The van der Waals surface area contributed by atoms with Crippen LogP contribution in [0.1, 0.15) is 54.9 Å². The second-order valence-corrected chi connectivity index (χ2v) is 9.34. The molecule has 0 radical (unpaired) electrons. The highest BCUT2D eigenvalue weighted by Gasteiger charge is 2.43. The quantitative estimate of drug-likeness (QED) is 0.391. The molecule has 33 heavy (non-hydrogen) atoms. The van der Waals surface area contributed by atoms with Crippen molar-refractivity contribution < 1.29 is 19.5 Å². The SMILES string of the molecule is Cc1cccc(Cl)c1NC(=O)Nc1cc(Cl)ccc1C(=O)N[C@](C)(C(=O)O)C1CCCCC1. The number of carbonyl (C=O) groups is 3. The molecule has 0 aliphatic heterocycles. The third-order valence-electron chi connectivity index (χ3n) is 6.17. The van der Waals surface area contributed by atoms with Gasteiger partial charge < -0.3 is 21.1 Å². The Morgan fingerprint density at radius 3 is 2.36 bits per heavy atom. The molecule has 2 aromatic carbocycles. The zero-order valence-electron chi connectivity index (χ0n) is 18.5. The van der Waals surface area contributed by atoms with E-state index in [0.717, 1.165) is 37.7 Å². The first-order valence-corrected chi connectivity index (χ1v) is 11.6. The Morgan fingerprint density at radius 1 is 1.03 bits per heavy atom. The third-order valence-corrected chi connectivity index (χ3v) is 6.72. The molecule has 0 aromatic heterocycles. The maximum absolute atomic E-state index is 13.2. The van der Waals surface area contributed by atoms with Crippen LogP contribution in [0.4, 0.5) is 16.2 Å². The lowest BCUT2D eigenvalue weighted by molar-refractivity contribution is -0.146. The second kappa shape index (κ2) is 10.4. The number of aryl methyl sites for hydroxylation is 1. The van der Waals surface area contributed by atoms with Crippen molar-refractivity contribution in [2.24, 2.45) is 5.92 Å². The summed E-state index contributed by atoms with van der Waals surface area (Å²) in [6.45, 7) is 3.34. The lowest BCUT2D eigenvalue weighted by Crippen LogP contribution is -2.57. The molecule has 0 bridgehead atoms. The summed E-state index contributed by atoms with van der Waals surface area (Å²) in [6, 6.07) is 9.02. The van der Waals surface area contributed by atoms with Gasteiger partial charge in [-0.1, -0.05) is 54.6 Å². The fraction of sp³-hybridized carbons (Fsp3) is 0.375. The molecule has 1 saturated carbocycles. The van der Waals surface area contributed by atoms with Gasteiger partial charge in [0.25, 0.3) is 5.91 Å². The van der Waals surface area contributed by atoms with Gasteiger partial charge in [0.1, 0.15) is 5.54 Å². The van der Waals surface area contributed by atoms with Crippen LogP contribution in [0.3, 0.4) is 0 Å². The maximum atomic E-state index is 13.2. The highest BCUT2D eigenvalue weighted by Crippen LogP contribution is 2.34. The van der Waals surface area contributed by atoms with E-state index in [9.17, 15) is 19.5 Å². The summed E-state index contributed by atoms with van der Waals surface area (Å²) in [7, 11) is 0. The molecular weight excluding hydrogens is 465 g/mol. The van der Waals surface area contributed by atoms with Gasteiger partial charge in [0.05, 0.1) is 22.0 Å². The summed E-state index contributed by atoms with van der Waals surface area (Å²) in [5, 5.41) is 18.6. The number of amides is 3. The molecule has 176 valence electrons. The number of benzene rings is 2. The Morgan fingerprint density at radius 2 is 1.73 bits per heavy atom. The number of rotatable bonds is 6. The number of halogens is 2. The summed E-state index contributed by atoms with van der Waals surface area (Å²) in [6.07, 6.45) is 4.38. The Kier molecular flexibility index (Phi) is 7.87. The molecule has 1 atom stereocenters. The molecular formula is C24H27Cl2N3O4. The fourth-order valence-corrected chi connectivity index (χ4v) is 4.63. The largest absolute Gasteiger partial charge is 0.480 e. The Balaban J connectivity index is 1.83. The van der Waals surface area contributed by atoms with Crippen LogP contribution in [0.2, 0.25) is 10.0 Å². The van der Waals surface area contributed by atoms with Crippen molar-refractivity contribution >= 4 is 52.5 Å². The van der Waals surface area contributed by atoms with Crippen LogP contribution in [0, 0.1) is 12.8 Å². The average molecular weight is 492 g/mol. The molecule has 9 heteroatoms. The summed E-state index contributed by atoms with van der Waals surface area (Å²) < 4.78 is 0. The predicted octanol–water partition coefficient (Wildman–Crippen LogP) is 6.10. The number of carboxylic acids is 1. The highest BCUT2D eigenvalue weighted by atomic mass is 35.5. The second-order valence-electron chi connectivity index (χ2n) is 8.50. The number of anilines is 2. The molecule has 0 saturated heterocycles.